The van der Waals surface area contributed by atoms with Gasteiger partial charge in [0.25, 0.3) is 5.69 Å². The third kappa shape index (κ3) is 3.53. The number of ether oxygens (including phenoxy) is 1. The summed E-state index contributed by atoms with van der Waals surface area (Å²) in [6, 6.07) is 6.70. The van der Waals surface area contributed by atoms with Crippen molar-refractivity contribution in [1.82, 2.24) is 0 Å². The zero-order valence-corrected chi connectivity index (χ0v) is 14.8. The monoisotopic (exact) mass is 413 g/mol. The van der Waals surface area contributed by atoms with Crippen LogP contribution in [0.25, 0.3) is 17.2 Å². The maximum absolute atomic E-state index is 13.3. The van der Waals surface area contributed by atoms with Gasteiger partial charge in [-0.15, -0.1) is 0 Å². The number of carboxylic acids is 1. The number of fused-ring (bicyclic) bond motifs is 1. The van der Waals surface area contributed by atoms with Crippen LogP contribution >= 0.6 is 11.6 Å². The first-order valence-electron chi connectivity index (χ1n) is 7.76. The Morgan fingerprint density at radius 1 is 1.29 bits per heavy atom. The summed E-state index contributed by atoms with van der Waals surface area (Å²) in [7, 11) is 0. The molecule has 3 rings (SSSR count). The zero-order valence-electron chi connectivity index (χ0n) is 14.1. The predicted octanol–water partition coefficient (Wildman–Crippen LogP) is 5.01. The van der Waals surface area contributed by atoms with Gasteiger partial charge in [-0.2, -0.15) is 13.2 Å². The van der Waals surface area contributed by atoms with Gasteiger partial charge in [0.2, 0.25) is 6.10 Å². The van der Waals surface area contributed by atoms with Gasteiger partial charge in [0.1, 0.15) is 5.75 Å². The van der Waals surface area contributed by atoms with E-state index >= 15 is 0 Å². The summed E-state index contributed by atoms with van der Waals surface area (Å²) in [6.45, 7) is 1.52. The van der Waals surface area contributed by atoms with E-state index in [9.17, 15) is 28.1 Å². The molecule has 0 fully saturated rings. The van der Waals surface area contributed by atoms with Crippen molar-refractivity contribution < 1.29 is 32.7 Å². The maximum Gasteiger partial charge on any atom is 0.430 e. The second-order valence-electron chi connectivity index (χ2n) is 6.07. The minimum absolute atomic E-state index is 0.0311. The van der Waals surface area contributed by atoms with E-state index in [1.807, 2.05) is 0 Å². The largest absolute Gasteiger partial charge is 0.478 e. The lowest BCUT2D eigenvalue weighted by atomic mass is 9.95. The lowest BCUT2D eigenvalue weighted by Gasteiger charge is -2.28. The van der Waals surface area contributed by atoms with E-state index in [1.165, 1.54) is 37.3 Å². The van der Waals surface area contributed by atoms with Crippen LogP contribution in [0.4, 0.5) is 18.9 Å². The summed E-state index contributed by atoms with van der Waals surface area (Å²) < 4.78 is 45.1. The minimum atomic E-state index is -4.97. The highest BCUT2D eigenvalue weighted by Crippen LogP contribution is 2.44. The second kappa shape index (κ2) is 6.83. The van der Waals surface area contributed by atoms with E-state index in [1.54, 1.807) is 0 Å². The highest BCUT2D eigenvalue weighted by molar-refractivity contribution is 6.31. The van der Waals surface area contributed by atoms with Crippen LogP contribution in [0.1, 0.15) is 11.1 Å². The molecule has 2 aromatic carbocycles. The number of carbonyl (C=O) groups is 1. The molecule has 0 saturated heterocycles. The van der Waals surface area contributed by atoms with Crippen LogP contribution in [-0.2, 0) is 4.79 Å². The summed E-state index contributed by atoms with van der Waals surface area (Å²) in [6.07, 6.45) is -6.81. The Balaban J connectivity index is 2.25. The molecule has 1 N–H and O–H groups in total. The summed E-state index contributed by atoms with van der Waals surface area (Å²) in [5.41, 5.74) is -0.514. The standard InChI is InChI=1S/C18H11ClF3NO5/c1-8-2-3-9(6-14(8)23(26)27)12-7-11(19)4-10-5-13(17(24)25)16(18(20,21)22)28-15(10)12/h2-7,16H,1H3,(H,24,25). The summed E-state index contributed by atoms with van der Waals surface area (Å²) in [5, 5.41) is 20.4. The van der Waals surface area contributed by atoms with Crippen molar-refractivity contribution in [2.45, 2.75) is 19.2 Å². The van der Waals surface area contributed by atoms with Crippen molar-refractivity contribution in [3.05, 3.63) is 62.2 Å². The fourth-order valence-electron chi connectivity index (χ4n) is 2.88. The zero-order chi connectivity index (χ0) is 20.8. The number of hydrogen-bond donors (Lipinski definition) is 1. The molecule has 1 heterocycles. The van der Waals surface area contributed by atoms with E-state index in [-0.39, 0.29) is 33.1 Å². The average Bonchev–Trinajstić information content (AvgIpc) is 2.59. The number of alkyl halides is 3. The molecule has 0 amide bonds. The van der Waals surface area contributed by atoms with Crippen LogP contribution in [0.15, 0.2) is 35.9 Å². The summed E-state index contributed by atoms with van der Waals surface area (Å²) >= 11 is 6.03. The number of benzene rings is 2. The van der Waals surface area contributed by atoms with Gasteiger partial charge in [0, 0.05) is 27.8 Å². The van der Waals surface area contributed by atoms with Gasteiger partial charge in [-0.3, -0.25) is 10.1 Å². The first kappa shape index (κ1) is 19.7. The van der Waals surface area contributed by atoms with Gasteiger partial charge in [-0.1, -0.05) is 23.7 Å². The molecule has 2 aromatic rings. The van der Waals surface area contributed by atoms with Gasteiger partial charge in [-0.05, 0) is 30.7 Å². The first-order chi connectivity index (χ1) is 13.0. The van der Waals surface area contributed by atoms with Crippen molar-refractivity contribution in [3.8, 4) is 16.9 Å². The van der Waals surface area contributed by atoms with Crippen molar-refractivity contribution in [2.24, 2.45) is 0 Å². The fraction of sp³-hybridized carbons (Fsp3) is 0.167. The Morgan fingerprint density at radius 2 is 1.96 bits per heavy atom. The average molecular weight is 414 g/mol. The molecule has 0 radical (unpaired) electrons. The number of nitrogens with zero attached hydrogens (tertiary/aromatic N) is 1. The molecule has 0 spiro atoms. The summed E-state index contributed by atoms with van der Waals surface area (Å²) in [5.74, 6) is -2.03. The molecular weight excluding hydrogens is 403 g/mol. The number of carboxylic acid groups (broad SMARTS) is 1. The molecule has 1 atom stereocenters. The lowest BCUT2D eigenvalue weighted by Crippen LogP contribution is -2.40. The molecule has 0 bridgehead atoms. The molecule has 0 aliphatic carbocycles. The number of nitro groups is 1. The SMILES string of the molecule is Cc1ccc(-c2cc(Cl)cc3c2OC(C(F)(F)F)C(C(=O)O)=C3)cc1[N+](=O)[O-]. The van der Waals surface area contributed by atoms with Gasteiger partial charge >= 0.3 is 12.1 Å². The highest BCUT2D eigenvalue weighted by Gasteiger charge is 2.48. The molecule has 6 nitrogen and oxygen atoms in total. The van der Waals surface area contributed by atoms with Crippen molar-refractivity contribution in [1.29, 1.82) is 0 Å². The van der Waals surface area contributed by atoms with E-state index in [0.717, 1.165) is 6.08 Å². The Kier molecular flexibility index (Phi) is 4.80. The molecule has 1 aliphatic rings. The van der Waals surface area contributed by atoms with Crippen molar-refractivity contribution in [3.63, 3.8) is 0 Å². The van der Waals surface area contributed by atoms with Crippen LogP contribution in [0.2, 0.25) is 5.02 Å². The van der Waals surface area contributed by atoms with Gasteiger partial charge in [0.05, 0.1) is 10.5 Å². The lowest BCUT2D eigenvalue weighted by molar-refractivity contribution is -0.385. The van der Waals surface area contributed by atoms with Gasteiger partial charge < -0.3 is 9.84 Å². The number of aryl methyl sites for hydroxylation is 1. The van der Waals surface area contributed by atoms with Crippen LogP contribution in [0.5, 0.6) is 5.75 Å². The second-order valence-corrected chi connectivity index (χ2v) is 6.51. The minimum Gasteiger partial charge on any atom is -0.478 e. The molecule has 10 heteroatoms. The first-order valence-corrected chi connectivity index (χ1v) is 8.14. The normalized spacial score (nSPS) is 16.0. The molecule has 0 aromatic heterocycles. The van der Waals surface area contributed by atoms with Gasteiger partial charge in [-0.25, -0.2) is 4.79 Å². The third-order valence-corrected chi connectivity index (χ3v) is 4.39. The quantitative estimate of drug-likeness (QED) is 0.564. The van der Waals surface area contributed by atoms with Crippen LogP contribution in [0.3, 0.4) is 0 Å². The van der Waals surface area contributed by atoms with Crippen LogP contribution < -0.4 is 4.74 Å². The van der Waals surface area contributed by atoms with Crippen LogP contribution in [0, 0.1) is 17.0 Å². The molecule has 1 aliphatic heterocycles. The van der Waals surface area contributed by atoms with E-state index in [2.05, 4.69) is 0 Å². The van der Waals surface area contributed by atoms with Crippen molar-refractivity contribution >= 4 is 29.3 Å². The van der Waals surface area contributed by atoms with E-state index in [4.69, 9.17) is 21.4 Å². The molecule has 28 heavy (non-hydrogen) atoms. The molecule has 146 valence electrons. The third-order valence-electron chi connectivity index (χ3n) is 4.17. The Morgan fingerprint density at radius 3 is 2.54 bits per heavy atom. The van der Waals surface area contributed by atoms with Crippen molar-refractivity contribution in [2.75, 3.05) is 0 Å². The predicted molar refractivity (Wildman–Crippen MR) is 94.4 cm³/mol. The molecular formula is C18H11ClF3NO5. The van der Waals surface area contributed by atoms with Crippen LogP contribution in [-0.4, -0.2) is 28.3 Å². The topological polar surface area (TPSA) is 89.7 Å². The maximum atomic E-state index is 13.3. The Labute approximate surface area is 161 Å². The fourth-order valence-corrected chi connectivity index (χ4v) is 3.11. The highest BCUT2D eigenvalue weighted by atomic mass is 35.5. The number of nitro benzene ring substituents is 1. The smallest absolute Gasteiger partial charge is 0.430 e. The number of rotatable bonds is 3. The number of aliphatic carboxylic acids is 1. The van der Waals surface area contributed by atoms with E-state index < -0.39 is 28.7 Å². The molecule has 0 saturated carbocycles. The molecule has 1 unspecified atom stereocenters. The number of halogens is 4. The Hall–Kier alpha value is -3.07. The van der Waals surface area contributed by atoms with E-state index in [0.29, 0.717) is 5.56 Å². The van der Waals surface area contributed by atoms with Gasteiger partial charge in [0.15, 0.2) is 0 Å². The number of hydrogen-bond acceptors (Lipinski definition) is 4. The Bertz CT molecular complexity index is 1030. The summed E-state index contributed by atoms with van der Waals surface area (Å²) in [4.78, 5) is 21.8.